The molecule has 4 unspecified atom stereocenters. The van der Waals surface area contributed by atoms with Gasteiger partial charge in [-0.1, -0.05) is 6.08 Å². The summed E-state index contributed by atoms with van der Waals surface area (Å²) in [6.45, 7) is 2.75. The van der Waals surface area contributed by atoms with E-state index in [1.807, 2.05) is 0 Å². The van der Waals surface area contributed by atoms with Crippen LogP contribution in [0, 0.1) is 0 Å². The quantitative estimate of drug-likeness (QED) is 0.405. The highest BCUT2D eigenvalue weighted by Crippen LogP contribution is 2.24. The summed E-state index contributed by atoms with van der Waals surface area (Å²) in [5.41, 5.74) is 0. The van der Waals surface area contributed by atoms with Crippen LogP contribution in [0.4, 0.5) is 0 Å². The number of hydrogen-bond acceptors (Lipinski definition) is 6. The summed E-state index contributed by atoms with van der Waals surface area (Å²) in [7, 11) is 0. The maximum Gasteiger partial charge on any atom is 0.229 e. The summed E-state index contributed by atoms with van der Waals surface area (Å²) < 4.78 is 10.3. The largest absolute Gasteiger partial charge is 0.509 e. The van der Waals surface area contributed by atoms with E-state index in [4.69, 9.17) is 14.6 Å². The molecule has 4 N–H and O–H groups in total. The minimum absolute atomic E-state index is 0.0687. The topological polar surface area (TPSA) is 99.4 Å². The third-order valence-electron chi connectivity index (χ3n) is 2.42. The van der Waals surface area contributed by atoms with E-state index < -0.39 is 31.2 Å². The SMILES string of the molecule is C/C=C\C(OC1OC(CO)C(O)C1O)=C(/C)O. The zero-order valence-corrected chi connectivity index (χ0v) is 9.78. The predicted octanol–water partition coefficient (Wildman–Crippen LogP) is -0.192. The molecule has 1 aliphatic heterocycles. The van der Waals surface area contributed by atoms with Crippen molar-refractivity contribution in [3.63, 3.8) is 0 Å². The highest BCUT2D eigenvalue weighted by atomic mass is 16.7. The summed E-state index contributed by atoms with van der Waals surface area (Å²) in [4.78, 5) is 0. The molecule has 0 radical (unpaired) electrons. The second-order valence-corrected chi connectivity index (χ2v) is 3.77. The number of allylic oxidation sites excluding steroid dienone is 3. The van der Waals surface area contributed by atoms with Crippen LogP contribution in [-0.2, 0) is 9.47 Å². The second kappa shape index (κ2) is 6.02. The fourth-order valence-corrected chi connectivity index (χ4v) is 1.48. The number of aliphatic hydroxyl groups excluding tert-OH is 4. The van der Waals surface area contributed by atoms with E-state index in [0.717, 1.165) is 0 Å². The van der Waals surface area contributed by atoms with Crippen molar-refractivity contribution < 1.29 is 29.9 Å². The summed E-state index contributed by atoms with van der Waals surface area (Å²) in [6, 6.07) is 0. The minimum atomic E-state index is -1.27. The van der Waals surface area contributed by atoms with Crippen molar-refractivity contribution in [2.45, 2.75) is 38.4 Å². The molecular formula is C11H18O6. The van der Waals surface area contributed by atoms with Crippen LogP contribution < -0.4 is 0 Å². The van der Waals surface area contributed by atoms with Gasteiger partial charge in [-0.2, -0.15) is 0 Å². The van der Waals surface area contributed by atoms with Crippen molar-refractivity contribution in [3.8, 4) is 0 Å². The number of aliphatic hydroxyl groups is 4. The van der Waals surface area contributed by atoms with Crippen molar-refractivity contribution in [2.75, 3.05) is 6.61 Å². The predicted molar refractivity (Wildman–Crippen MR) is 59.0 cm³/mol. The lowest BCUT2D eigenvalue weighted by Crippen LogP contribution is -2.34. The van der Waals surface area contributed by atoms with E-state index in [1.54, 1.807) is 13.0 Å². The Morgan fingerprint density at radius 1 is 1.35 bits per heavy atom. The van der Waals surface area contributed by atoms with Gasteiger partial charge in [0.05, 0.1) is 6.61 Å². The van der Waals surface area contributed by atoms with Crippen molar-refractivity contribution >= 4 is 0 Å². The maximum absolute atomic E-state index is 9.62. The Hall–Kier alpha value is -1.08. The summed E-state index contributed by atoms with van der Waals surface area (Å²) in [5, 5.41) is 37.3. The lowest BCUT2D eigenvalue weighted by Gasteiger charge is -2.17. The van der Waals surface area contributed by atoms with Crippen molar-refractivity contribution in [1.29, 1.82) is 0 Å². The van der Waals surface area contributed by atoms with Gasteiger partial charge in [-0.05, 0) is 19.9 Å². The van der Waals surface area contributed by atoms with Crippen LogP contribution in [0.15, 0.2) is 23.7 Å². The smallest absolute Gasteiger partial charge is 0.229 e. The van der Waals surface area contributed by atoms with Crippen molar-refractivity contribution in [3.05, 3.63) is 23.7 Å². The Balaban J connectivity index is 2.73. The zero-order chi connectivity index (χ0) is 13.0. The van der Waals surface area contributed by atoms with Crippen LogP contribution in [0.1, 0.15) is 13.8 Å². The Morgan fingerprint density at radius 2 is 2.00 bits per heavy atom. The first-order chi connectivity index (χ1) is 8.01. The maximum atomic E-state index is 9.62. The van der Waals surface area contributed by atoms with Gasteiger partial charge in [-0.15, -0.1) is 0 Å². The molecule has 1 aliphatic rings. The van der Waals surface area contributed by atoms with Crippen molar-refractivity contribution in [1.82, 2.24) is 0 Å². The molecule has 1 heterocycles. The Morgan fingerprint density at radius 3 is 2.41 bits per heavy atom. The van der Waals surface area contributed by atoms with E-state index in [1.165, 1.54) is 13.0 Å². The minimum Gasteiger partial charge on any atom is -0.509 e. The molecule has 0 aromatic rings. The van der Waals surface area contributed by atoms with Gasteiger partial charge < -0.3 is 29.9 Å². The number of hydrogen-bond donors (Lipinski definition) is 4. The van der Waals surface area contributed by atoms with Crippen LogP contribution in [0.25, 0.3) is 0 Å². The average molecular weight is 246 g/mol. The molecule has 98 valence electrons. The van der Waals surface area contributed by atoms with E-state index in [0.29, 0.717) is 0 Å². The molecular weight excluding hydrogens is 228 g/mol. The summed E-state index contributed by atoms with van der Waals surface area (Å²) in [6.07, 6.45) is -1.33. The van der Waals surface area contributed by atoms with Gasteiger partial charge in [0.15, 0.2) is 5.76 Å². The molecule has 0 aromatic heterocycles. The average Bonchev–Trinajstić information content (AvgIpc) is 2.56. The molecule has 17 heavy (non-hydrogen) atoms. The molecule has 4 atom stereocenters. The van der Waals surface area contributed by atoms with Crippen LogP contribution in [0.2, 0.25) is 0 Å². The molecule has 0 spiro atoms. The van der Waals surface area contributed by atoms with Crippen LogP contribution in [-0.4, -0.2) is 51.6 Å². The fourth-order valence-electron chi connectivity index (χ4n) is 1.48. The molecule has 0 bridgehead atoms. The molecule has 0 aromatic carbocycles. The fraction of sp³-hybridized carbons (Fsp3) is 0.636. The highest BCUT2D eigenvalue weighted by molar-refractivity contribution is 5.14. The van der Waals surface area contributed by atoms with Crippen molar-refractivity contribution in [2.24, 2.45) is 0 Å². The molecule has 0 aliphatic carbocycles. The molecule has 6 heteroatoms. The molecule has 1 rings (SSSR count). The van der Waals surface area contributed by atoms with Gasteiger partial charge >= 0.3 is 0 Å². The standard InChI is InChI=1S/C11H18O6/c1-3-4-7(6(2)13)16-11-10(15)9(14)8(5-12)17-11/h3-4,8-15H,5H2,1-2H3/b4-3-,7-6-. The molecule has 1 fully saturated rings. The van der Waals surface area contributed by atoms with Crippen LogP contribution in [0.3, 0.4) is 0 Å². The van der Waals surface area contributed by atoms with Crippen LogP contribution >= 0.6 is 0 Å². The van der Waals surface area contributed by atoms with Gasteiger partial charge in [0, 0.05) is 0 Å². The molecule has 0 amide bonds. The number of rotatable bonds is 4. The lowest BCUT2D eigenvalue weighted by molar-refractivity contribution is -0.146. The van der Waals surface area contributed by atoms with E-state index in [2.05, 4.69) is 0 Å². The number of ether oxygens (including phenoxy) is 2. The third-order valence-corrected chi connectivity index (χ3v) is 2.42. The Kier molecular flexibility index (Phi) is 4.95. The van der Waals surface area contributed by atoms with Gasteiger partial charge in [0.25, 0.3) is 0 Å². The highest BCUT2D eigenvalue weighted by Gasteiger charge is 2.44. The first-order valence-corrected chi connectivity index (χ1v) is 5.33. The molecule has 0 saturated carbocycles. The Labute approximate surface area is 99.4 Å². The Bertz CT molecular complexity index is 307. The first kappa shape index (κ1) is 14.0. The van der Waals surface area contributed by atoms with Gasteiger partial charge in [-0.3, -0.25) is 0 Å². The molecule has 1 saturated heterocycles. The van der Waals surface area contributed by atoms with E-state index in [-0.39, 0.29) is 11.5 Å². The van der Waals surface area contributed by atoms with E-state index in [9.17, 15) is 15.3 Å². The third kappa shape index (κ3) is 3.19. The first-order valence-electron chi connectivity index (χ1n) is 5.33. The summed E-state index contributed by atoms with van der Waals surface area (Å²) >= 11 is 0. The van der Waals surface area contributed by atoms with Crippen LogP contribution in [0.5, 0.6) is 0 Å². The lowest BCUT2D eigenvalue weighted by atomic mass is 10.1. The van der Waals surface area contributed by atoms with Gasteiger partial charge in [0.1, 0.15) is 24.1 Å². The van der Waals surface area contributed by atoms with Gasteiger partial charge in [0.2, 0.25) is 6.29 Å². The second-order valence-electron chi connectivity index (χ2n) is 3.77. The monoisotopic (exact) mass is 246 g/mol. The normalized spacial score (nSPS) is 35.1. The van der Waals surface area contributed by atoms with Gasteiger partial charge in [-0.25, -0.2) is 0 Å². The summed E-state index contributed by atoms with van der Waals surface area (Å²) in [5.74, 6) is 0.0724. The van der Waals surface area contributed by atoms with E-state index >= 15 is 0 Å². The zero-order valence-electron chi connectivity index (χ0n) is 9.78. The molecule has 6 nitrogen and oxygen atoms in total.